The monoisotopic (exact) mass is 418 g/mol. The lowest BCUT2D eigenvalue weighted by Crippen LogP contribution is -2.47. The summed E-state index contributed by atoms with van der Waals surface area (Å²) in [5.41, 5.74) is -1.03. The molecule has 162 valence electrons. The van der Waals surface area contributed by atoms with Crippen LogP contribution in [0.25, 0.3) is 0 Å². The topological polar surface area (TPSA) is 104 Å². The molecular formula is C22H26O8. The minimum Gasteiger partial charge on any atom is -0.493 e. The van der Waals surface area contributed by atoms with E-state index in [-0.39, 0.29) is 12.2 Å². The molecule has 2 aromatic rings. The summed E-state index contributed by atoms with van der Waals surface area (Å²) in [6, 6.07) is 9.79. The number of aliphatic hydroxyl groups excluding tert-OH is 1. The number of ether oxygens (including phenoxy) is 5. The number of hydrogen-bond donors (Lipinski definition) is 2. The molecule has 0 saturated carbocycles. The summed E-state index contributed by atoms with van der Waals surface area (Å²) >= 11 is 0. The molecule has 3 rings (SSSR count). The lowest BCUT2D eigenvalue weighted by molar-refractivity contribution is -0.00184. The predicted octanol–water partition coefficient (Wildman–Crippen LogP) is 2.01. The van der Waals surface area contributed by atoms with Crippen LogP contribution in [-0.2, 0) is 4.74 Å². The Morgan fingerprint density at radius 2 is 1.53 bits per heavy atom. The molecule has 8 nitrogen and oxygen atoms in total. The van der Waals surface area contributed by atoms with Gasteiger partial charge in [-0.2, -0.15) is 0 Å². The molecule has 0 amide bonds. The molecule has 2 N–H and O–H groups in total. The smallest absolute Gasteiger partial charge is 0.197 e. The van der Waals surface area contributed by atoms with E-state index in [0.717, 1.165) is 0 Å². The van der Waals surface area contributed by atoms with Gasteiger partial charge in [-0.3, -0.25) is 4.79 Å². The second-order valence-electron chi connectivity index (χ2n) is 6.96. The second-order valence-corrected chi connectivity index (χ2v) is 6.96. The lowest BCUT2D eigenvalue weighted by atomic mass is 9.79. The molecule has 1 aliphatic rings. The summed E-state index contributed by atoms with van der Waals surface area (Å²) in [4.78, 5) is 13.2. The molecular weight excluding hydrogens is 392 g/mol. The van der Waals surface area contributed by atoms with E-state index in [1.54, 1.807) is 30.3 Å². The molecule has 8 heteroatoms. The molecule has 0 radical (unpaired) electrons. The summed E-state index contributed by atoms with van der Waals surface area (Å²) in [6.45, 7) is -0.709. The highest BCUT2D eigenvalue weighted by Crippen LogP contribution is 2.44. The van der Waals surface area contributed by atoms with Crippen LogP contribution >= 0.6 is 0 Å². The van der Waals surface area contributed by atoms with Gasteiger partial charge in [0, 0.05) is 5.56 Å². The third-order valence-electron chi connectivity index (χ3n) is 5.43. The molecule has 1 aliphatic heterocycles. The third kappa shape index (κ3) is 3.69. The van der Waals surface area contributed by atoms with E-state index < -0.39 is 30.0 Å². The van der Waals surface area contributed by atoms with Gasteiger partial charge in [-0.05, 0) is 35.9 Å². The minimum atomic E-state index is -1.91. The van der Waals surface area contributed by atoms with Crippen LogP contribution in [0.3, 0.4) is 0 Å². The summed E-state index contributed by atoms with van der Waals surface area (Å²) < 4.78 is 26.8. The van der Waals surface area contributed by atoms with E-state index in [4.69, 9.17) is 23.7 Å². The van der Waals surface area contributed by atoms with E-state index in [9.17, 15) is 15.0 Å². The fourth-order valence-electron chi connectivity index (χ4n) is 3.76. The number of ketones is 1. The number of rotatable bonds is 8. The molecule has 0 spiro atoms. The van der Waals surface area contributed by atoms with Gasteiger partial charge < -0.3 is 33.9 Å². The van der Waals surface area contributed by atoms with E-state index >= 15 is 0 Å². The molecule has 1 saturated heterocycles. The van der Waals surface area contributed by atoms with Crippen LogP contribution in [0.2, 0.25) is 0 Å². The van der Waals surface area contributed by atoms with Crippen molar-refractivity contribution in [1.29, 1.82) is 0 Å². The standard InChI is InChI=1S/C22H26O8/c1-26-16-7-5-13(9-18(16)28-3)20-15(11-23)22(25,12-30-20)21(24)14-6-8-17(27-2)19(10-14)29-4/h5-10,15,20,23,25H,11-12H2,1-4H3. The fourth-order valence-corrected chi connectivity index (χ4v) is 3.76. The highest BCUT2D eigenvalue weighted by molar-refractivity contribution is 6.03. The lowest BCUT2D eigenvalue weighted by Gasteiger charge is -2.28. The average molecular weight is 418 g/mol. The molecule has 1 fully saturated rings. The Bertz CT molecular complexity index is 912. The van der Waals surface area contributed by atoms with E-state index in [2.05, 4.69) is 0 Å². The van der Waals surface area contributed by atoms with Crippen LogP contribution < -0.4 is 18.9 Å². The van der Waals surface area contributed by atoms with Crippen molar-refractivity contribution in [2.75, 3.05) is 41.7 Å². The van der Waals surface area contributed by atoms with Crippen molar-refractivity contribution in [3.8, 4) is 23.0 Å². The van der Waals surface area contributed by atoms with Gasteiger partial charge in [0.25, 0.3) is 0 Å². The Morgan fingerprint density at radius 3 is 2.10 bits per heavy atom. The number of hydrogen-bond acceptors (Lipinski definition) is 8. The zero-order valence-corrected chi connectivity index (χ0v) is 17.4. The summed E-state index contributed by atoms with van der Waals surface area (Å²) in [7, 11) is 5.99. The summed E-state index contributed by atoms with van der Waals surface area (Å²) in [5, 5.41) is 21.3. The fraction of sp³-hybridized carbons (Fsp3) is 0.409. The van der Waals surface area contributed by atoms with Gasteiger partial charge in [-0.1, -0.05) is 6.07 Å². The average Bonchev–Trinajstić information content (AvgIpc) is 3.14. The highest BCUT2D eigenvalue weighted by atomic mass is 16.5. The number of carbonyl (C=O) groups is 1. The summed E-state index contributed by atoms with van der Waals surface area (Å²) in [6.07, 6.45) is -0.705. The van der Waals surface area contributed by atoms with Crippen molar-refractivity contribution in [3.63, 3.8) is 0 Å². The number of methoxy groups -OCH3 is 4. The van der Waals surface area contributed by atoms with Gasteiger partial charge in [-0.25, -0.2) is 0 Å². The van der Waals surface area contributed by atoms with Crippen LogP contribution in [0.15, 0.2) is 36.4 Å². The van der Waals surface area contributed by atoms with Crippen LogP contribution in [0.4, 0.5) is 0 Å². The maximum absolute atomic E-state index is 13.2. The van der Waals surface area contributed by atoms with Crippen LogP contribution in [0.5, 0.6) is 23.0 Å². The number of aliphatic hydroxyl groups is 2. The van der Waals surface area contributed by atoms with Crippen molar-refractivity contribution in [1.82, 2.24) is 0 Å². The van der Waals surface area contributed by atoms with Crippen molar-refractivity contribution < 1.29 is 38.7 Å². The van der Waals surface area contributed by atoms with Gasteiger partial charge >= 0.3 is 0 Å². The third-order valence-corrected chi connectivity index (χ3v) is 5.43. The largest absolute Gasteiger partial charge is 0.493 e. The minimum absolute atomic E-state index is 0.227. The van der Waals surface area contributed by atoms with Gasteiger partial charge in [-0.15, -0.1) is 0 Å². The Balaban J connectivity index is 1.94. The first kappa shape index (κ1) is 21.9. The molecule has 3 unspecified atom stereocenters. The van der Waals surface area contributed by atoms with Crippen molar-refractivity contribution in [3.05, 3.63) is 47.5 Å². The molecule has 1 heterocycles. The zero-order valence-electron chi connectivity index (χ0n) is 17.4. The van der Waals surface area contributed by atoms with Crippen molar-refractivity contribution in [2.24, 2.45) is 5.92 Å². The number of Topliss-reactive ketones (excluding diaryl/α,β-unsaturated/α-hetero) is 1. The van der Waals surface area contributed by atoms with E-state index in [1.807, 2.05) is 0 Å². The molecule has 2 aromatic carbocycles. The maximum Gasteiger partial charge on any atom is 0.197 e. The first-order valence-corrected chi connectivity index (χ1v) is 9.37. The van der Waals surface area contributed by atoms with Crippen LogP contribution in [-0.4, -0.2) is 63.3 Å². The van der Waals surface area contributed by atoms with E-state index in [0.29, 0.717) is 28.6 Å². The first-order valence-electron chi connectivity index (χ1n) is 9.37. The number of carbonyl (C=O) groups excluding carboxylic acids is 1. The molecule has 0 aliphatic carbocycles. The van der Waals surface area contributed by atoms with Crippen molar-refractivity contribution in [2.45, 2.75) is 11.7 Å². The quantitative estimate of drug-likeness (QED) is 0.628. The second kappa shape index (κ2) is 8.91. The van der Waals surface area contributed by atoms with Crippen LogP contribution in [0, 0.1) is 5.92 Å². The SMILES string of the molecule is COc1ccc(C(=O)C2(O)COC(c3ccc(OC)c(OC)c3)C2CO)cc1OC. The normalized spacial score (nSPS) is 23.1. The van der Waals surface area contributed by atoms with Gasteiger partial charge in [0.2, 0.25) is 0 Å². The molecule has 0 bridgehead atoms. The Morgan fingerprint density at radius 1 is 0.967 bits per heavy atom. The van der Waals surface area contributed by atoms with Gasteiger partial charge in [0.15, 0.2) is 34.4 Å². The Hall–Kier alpha value is -2.81. The predicted molar refractivity (Wildman–Crippen MR) is 108 cm³/mol. The van der Waals surface area contributed by atoms with Gasteiger partial charge in [0.1, 0.15) is 0 Å². The van der Waals surface area contributed by atoms with Crippen LogP contribution in [0.1, 0.15) is 22.0 Å². The first-order chi connectivity index (χ1) is 14.4. The maximum atomic E-state index is 13.2. The zero-order chi connectivity index (χ0) is 21.9. The summed E-state index contributed by atoms with van der Waals surface area (Å²) in [5.74, 6) is 0.406. The molecule has 30 heavy (non-hydrogen) atoms. The highest BCUT2D eigenvalue weighted by Gasteiger charge is 2.54. The Kier molecular flexibility index (Phi) is 6.50. The van der Waals surface area contributed by atoms with E-state index in [1.165, 1.54) is 34.5 Å². The molecule has 0 aromatic heterocycles. The van der Waals surface area contributed by atoms with Gasteiger partial charge in [0.05, 0.1) is 53.7 Å². The Labute approximate surface area is 174 Å². The van der Waals surface area contributed by atoms with Crippen molar-refractivity contribution >= 4 is 5.78 Å². The number of benzene rings is 2. The molecule has 3 atom stereocenters.